The van der Waals surface area contributed by atoms with E-state index in [1.165, 1.54) is 6.92 Å². The van der Waals surface area contributed by atoms with Crippen LogP contribution in [0.4, 0.5) is 43.9 Å². The van der Waals surface area contributed by atoms with Gasteiger partial charge in [0.05, 0.1) is 19.1 Å². The number of fused-ring (bicyclic) bond motifs is 1. The maximum atomic E-state index is 15.9. The van der Waals surface area contributed by atoms with Gasteiger partial charge in [-0.2, -0.15) is 0 Å². The molecule has 2 aliphatic rings. The van der Waals surface area contributed by atoms with Crippen LogP contribution in [0.2, 0.25) is 6.32 Å². The molecule has 2 aliphatic heterocycles. The van der Waals surface area contributed by atoms with Gasteiger partial charge in [0, 0.05) is 11.3 Å². The Morgan fingerprint density at radius 3 is 1.35 bits per heavy atom. The Kier molecular flexibility index (Phi) is 8.55. The lowest BCUT2D eigenvalue weighted by Gasteiger charge is -2.54. The first-order chi connectivity index (χ1) is 22.7. The first kappa shape index (κ1) is 33.8. The smallest absolute Gasteiger partial charge is 0.236 e. The van der Waals surface area contributed by atoms with Crippen LogP contribution >= 0.6 is 7.26 Å². The maximum absolute atomic E-state index is 15.9. The predicted octanol–water partition coefficient (Wildman–Crippen LogP) is 8.22. The number of hydrogen-bond acceptors (Lipinski definition) is 1. The quantitative estimate of drug-likeness (QED) is 0.0673. The van der Waals surface area contributed by atoms with E-state index in [1.54, 1.807) is 60.7 Å². The van der Waals surface area contributed by atoms with Crippen LogP contribution in [0.5, 0.6) is 0 Å². The largest absolute Gasteiger partial charge is 0.708 e. The zero-order valence-corrected chi connectivity index (χ0v) is 26.6. The normalized spacial score (nSPS) is 18.6. The standard InChI is InChI=1S/C35H26BF10OP/c1-4-21-17(2)16-48(19-11-7-5-8-12-19,20-13-9-6-10-14-20)22-15-36(47-18(3)23(21)22,24-26(37)30(41)34(45)31(42)27(24)38)25-28(39)32(43)35(46)33(44)29(25)40/h5-14,22H,4,15-16H2,1-3H3/t22-/m0/s1. The fourth-order valence-corrected chi connectivity index (χ4v) is 13.2. The van der Waals surface area contributed by atoms with Gasteiger partial charge in [0.25, 0.3) is 0 Å². The molecule has 0 radical (unpaired) electrons. The molecule has 1 atom stereocenters. The minimum Gasteiger partial charge on any atom is -0.708 e. The van der Waals surface area contributed by atoms with E-state index in [0.29, 0.717) is 18.2 Å². The van der Waals surface area contributed by atoms with Gasteiger partial charge in [0.15, 0.2) is 34.9 Å². The highest BCUT2D eigenvalue weighted by Crippen LogP contribution is 2.70. The molecule has 0 amide bonds. The van der Waals surface area contributed by atoms with Crippen LogP contribution < -0.4 is 21.5 Å². The molecule has 2 heterocycles. The summed E-state index contributed by atoms with van der Waals surface area (Å²) < 4.78 is 158. The fourth-order valence-electron chi connectivity index (χ4n) is 7.84. The molecule has 0 unspecified atom stereocenters. The SMILES string of the molecule is CCC1=C(C)C[P+](c2ccccc2)(c2ccccc2)[C@H]2C[B-](c3c(F)c(F)c(F)c(F)c3F)(c3c(F)c(F)c(F)c(F)c3F)OC(C)=C12. The molecule has 1 nitrogen and oxygen atoms in total. The molecule has 13 heteroatoms. The summed E-state index contributed by atoms with van der Waals surface area (Å²) >= 11 is 0. The second-order valence-electron chi connectivity index (χ2n) is 12.1. The average molecular weight is 694 g/mol. The lowest BCUT2D eigenvalue weighted by atomic mass is 9.28. The molecule has 0 spiro atoms. The topological polar surface area (TPSA) is 9.23 Å². The third-order valence-corrected chi connectivity index (χ3v) is 14.7. The van der Waals surface area contributed by atoms with Crippen molar-refractivity contribution in [2.24, 2.45) is 0 Å². The van der Waals surface area contributed by atoms with E-state index in [2.05, 4.69) is 0 Å². The van der Waals surface area contributed by atoms with Crippen LogP contribution in [0.1, 0.15) is 27.2 Å². The van der Waals surface area contributed by atoms with Crippen molar-refractivity contribution in [1.82, 2.24) is 0 Å². The van der Waals surface area contributed by atoms with Gasteiger partial charge in [-0.25, -0.2) is 43.9 Å². The summed E-state index contributed by atoms with van der Waals surface area (Å²) in [5.41, 5.74) is -2.50. The molecule has 48 heavy (non-hydrogen) atoms. The zero-order chi connectivity index (χ0) is 34.9. The average Bonchev–Trinajstić information content (AvgIpc) is 3.09. The highest BCUT2D eigenvalue weighted by Gasteiger charge is 2.60. The van der Waals surface area contributed by atoms with Crippen LogP contribution in [0.15, 0.2) is 83.1 Å². The van der Waals surface area contributed by atoms with Crippen molar-refractivity contribution in [3.05, 3.63) is 141 Å². The molecule has 0 fully saturated rings. The van der Waals surface area contributed by atoms with Crippen LogP contribution in [0.25, 0.3) is 0 Å². The van der Waals surface area contributed by atoms with Crippen LogP contribution in [-0.2, 0) is 4.65 Å². The zero-order valence-electron chi connectivity index (χ0n) is 25.7. The van der Waals surface area contributed by atoms with Gasteiger partial charge in [0.1, 0.15) is 33.9 Å². The molecule has 6 rings (SSSR count). The van der Waals surface area contributed by atoms with Crippen molar-refractivity contribution in [2.75, 3.05) is 6.16 Å². The van der Waals surface area contributed by atoms with Crippen molar-refractivity contribution in [1.29, 1.82) is 0 Å². The molecular formula is C35H26BF10OP. The van der Waals surface area contributed by atoms with Crippen molar-refractivity contribution < 1.29 is 48.6 Å². The summed E-state index contributed by atoms with van der Waals surface area (Å²) in [6, 6.07) is 17.7. The van der Waals surface area contributed by atoms with Gasteiger partial charge < -0.3 is 4.65 Å². The van der Waals surface area contributed by atoms with E-state index in [1.807, 2.05) is 13.8 Å². The van der Waals surface area contributed by atoms with Gasteiger partial charge in [0.2, 0.25) is 6.35 Å². The summed E-state index contributed by atoms with van der Waals surface area (Å²) in [5, 5.41) is 1.45. The lowest BCUT2D eigenvalue weighted by molar-refractivity contribution is 0.364. The van der Waals surface area contributed by atoms with E-state index in [4.69, 9.17) is 4.65 Å². The highest BCUT2D eigenvalue weighted by molar-refractivity contribution is 7.90. The lowest BCUT2D eigenvalue weighted by Crippen LogP contribution is -2.69. The van der Waals surface area contributed by atoms with Crippen LogP contribution in [0.3, 0.4) is 0 Å². The molecule has 4 aromatic carbocycles. The summed E-state index contributed by atoms with van der Waals surface area (Å²) in [4.78, 5) is 0. The molecule has 0 bridgehead atoms. The monoisotopic (exact) mass is 694 g/mol. The molecule has 0 N–H and O–H groups in total. The Labute approximate surface area is 270 Å². The first-order valence-electron chi connectivity index (χ1n) is 15.0. The Bertz CT molecular complexity index is 1860. The summed E-state index contributed by atoms with van der Waals surface area (Å²) in [5.74, 6) is -25.2. The van der Waals surface area contributed by atoms with E-state index in [-0.39, 0.29) is 5.76 Å². The molecule has 0 saturated heterocycles. The summed E-state index contributed by atoms with van der Waals surface area (Å²) in [6.45, 7) is 5.01. The first-order valence-corrected chi connectivity index (χ1v) is 17.1. The number of allylic oxidation sites excluding steroid dienone is 4. The van der Waals surface area contributed by atoms with E-state index in [9.17, 15) is 26.3 Å². The minimum atomic E-state index is -4.46. The van der Waals surface area contributed by atoms with Crippen molar-refractivity contribution >= 4 is 35.1 Å². The minimum absolute atomic E-state index is 0.203. The number of benzene rings is 4. The highest BCUT2D eigenvalue weighted by atomic mass is 31.2. The van der Waals surface area contributed by atoms with Crippen LogP contribution in [0, 0.1) is 58.2 Å². The van der Waals surface area contributed by atoms with Crippen molar-refractivity contribution in [3.63, 3.8) is 0 Å². The Morgan fingerprint density at radius 1 is 0.604 bits per heavy atom. The number of halogens is 10. The van der Waals surface area contributed by atoms with Gasteiger partial charge >= 0.3 is 0 Å². The van der Waals surface area contributed by atoms with E-state index in [0.717, 1.165) is 21.8 Å². The Hall–Kier alpha value is -4.05. The summed E-state index contributed by atoms with van der Waals surface area (Å²) in [7, 11) is -3.01. The third-order valence-electron chi connectivity index (χ3n) is 9.71. The number of rotatable bonds is 5. The van der Waals surface area contributed by atoms with Gasteiger partial charge in [-0.05, 0) is 55.7 Å². The molecule has 4 aromatic rings. The van der Waals surface area contributed by atoms with E-state index < -0.39 is 94.7 Å². The molecule has 250 valence electrons. The van der Waals surface area contributed by atoms with Crippen molar-refractivity contribution in [3.8, 4) is 0 Å². The number of hydrogen-bond donors (Lipinski definition) is 0. The molecule has 0 saturated carbocycles. The second kappa shape index (κ2) is 12.1. The Morgan fingerprint density at radius 2 is 0.979 bits per heavy atom. The van der Waals surface area contributed by atoms with Crippen molar-refractivity contribution in [2.45, 2.75) is 39.2 Å². The van der Waals surface area contributed by atoms with Crippen LogP contribution in [-0.4, -0.2) is 18.2 Å². The Balaban J connectivity index is 1.83. The molecular weight excluding hydrogens is 668 g/mol. The third kappa shape index (κ3) is 4.65. The van der Waals surface area contributed by atoms with Gasteiger partial charge in [-0.3, -0.25) is 0 Å². The van der Waals surface area contributed by atoms with Gasteiger partial charge in [-0.1, -0.05) is 60.6 Å². The van der Waals surface area contributed by atoms with E-state index >= 15 is 17.6 Å². The molecule has 0 aliphatic carbocycles. The maximum Gasteiger partial charge on any atom is 0.236 e. The fraction of sp³-hybridized carbons (Fsp3) is 0.200. The van der Waals surface area contributed by atoms with Gasteiger partial charge in [-0.15, -0.1) is 0 Å². The second-order valence-corrected chi connectivity index (χ2v) is 15.8. The predicted molar refractivity (Wildman–Crippen MR) is 167 cm³/mol. The summed E-state index contributed by atoms with van der Waals surface area (Å²) in [6.07, 6.45) is -4.63. The molecule has 0 aromatic heterocycles.